The van der Waals surface area contributed by atoms with Gasteiger partial charge in [-0.1, -0.05) is 20.3 Å². The van der Waals surface area contributed by atoms with Crippen LogP contribution >= 0.6 is 0 Å². The van der Waals surface area contributed by atoms with E-state index in [4.69, 9.17) is 0 Å². The first kappa shape index (κ1) is 21.0. The minimum absolute atomic E-state index is 0.0159. The molecule has 2 rings (SSSR count). The molecule has 0 aromatic heterocycles. The van der Waals surface area contributed by atoms with Gasteiger partial charge in [0, 0.05) is 19.1 Å². The second-order valence-corrected chi connectivity index (χ2v) is 7.78. The quantitative estimate of drug-likeness (QED) is 0.774. The second kappa shape index (κ2) is 9.06. The lowest BCUT2D eigenvalue weighted by molar-refractivity contribution is -0.186. The first-order chi connectivity index (χ1) is 12.2. The maximum Gasteiger partial charge on any atom is 0.471 e. The van der Waals surface area contributed by atoms with E-state index in [1.807, 2.05) is 0 Å². The smallest absolute Gasteiger partial charge is 0.353 e. The third-order valence-corrected chi connectivity index (χ3v) is 5.22. The molecule has 2 heterocycles. The number of likely N-dealkylation sites (tertiary alicyclic amines) is 2. The molecule has 0 aromatic carbocycles. The summed E-state index contributed by atoms with van der Waals surface area (Å²) in [5.41, 5.74) is 0. The maximum atomic E-state index is 12.7. The number of amides is 2. The number of hydrogen-bond acceptors (Lipinski definition) is 3. The van der Waals surface area contributed by atoms with Crippen LogP contribution in [-0.4, -0.2) is 66.1 Å². The lowest BCUT2D eigenvalue weighted by Crippen LogP contribution is -2.53. The average molecular weight is 377 g/mol. The molecular weight excluding hydrogens is 347 g/mol. The number of nitrogens with zero attached hydrogens (tertiary/aromatic N) is 2. The molecule has 1 N–H and O–H groups in total. The van der Waals surface area contributed by atoms with Gasteiger partial charge in [-0.25, -0.2) is 0 Å². The van der Waals surface area contributed by atoms with Crippen LogP contribution in [0.5, 0.6) is 0 Å². The molecule has 150 valence electrons. The van der Waals surface area contributed by atoms with Crippen molar-refractivity contribution in [2.45, 2.75) is 70.6 Å². The van der Waals surface area contributed by atoms with Gasteiger partial charge in [-0.2, -0.15) is 13.2 Å². The Morgan fingerprint density at radius 2 is 1.73 bits per heavy atom. The van der Waals surface area contributed by atoms with E-state index in [1.54, 1.807) is 0 Å². The van der Waals surface area contributed by atoms with Gasteiger partial charge in [0.1, 0.15) is 6.04 Å². The summed E-state index contributed by atoms with van der Waals surface area (Å²) in [6.45, 7) is 6.64. The Balaban J connectivity index is 1.94. The second-order valence-electron chi connectivity index (χ2n) is 7.78. The van der Waals surface area contributed by atoms with Gasteiger partial charge in [-0.3, -0.25) is 14.5 Å². The van der Waals surface area contributed by atoms with E-state index in [9.17, 15) is 22.8 Å². The summed E-state index contributed by atoms with van der Waals surface area (Å²) in [6, 6.07) is -0.822. The SMILES string of the molecule is CC(C)CC(CNC(=O)C1CCCN1C(=O)C(F)(F)F)N1CCCCC1. The molecule has 8 heteroatoms. The topological polar surface area (TPSA) is 52.7 Å². The minimum Gasteiger partial charge on any atom is -0.353 e. The number of carbonyl (C=O) groups excluding carboxylic acids is 2. The van der Waals surface area contributed by atoms with Crippen molar-refractivity contribution >= 4 is 11.8 Å². The molecule has 0 radical (unpaired) electrons. The summed E-state index contributed by atoms with van der Waals surface area (Å²) in [5.74, 6) is -1.91. The molecule has 2 aliphatic heterocycles. The van der Waals surface area contributed by atoms with E-state index in [-0.39, 0.29) is 19.0 Å². The Kier molecular flexibility index (Phi) is 7.32. The summed E-state index contributed by atoms with van der Waals surface area (Å²) >= 11 is 0. The molecule has 0 saturated carbocycles. The largest absolute Gasteiger partial charge is 0.471 e. The monoisotopic (exact) mass is 377 g/mol. The van der Waals surface area contributed by atoms with Crippen molar-refractivity contribution in [3.8, 4) is 0 Å². The van der Waals surface area contributed by atoms with Crippen LogP contribution in [0.15, 0.2) is 0 Å². The molecule has 0 spiro atoms. The molecule has 2 unspecified atom stereocenters. The van der Waals surface area contributed by atoms with E-state index in [0.717, 1.165) is 32.4 Å². The minimum atomic E-state index is -4.93. The van der Waals surface area contributed by atoms with E-state index in [2.05, 4.69) is 24.1 Å². The van der Waals surface area contributed by atoms with Crippen LogP contribution in [0.25, 0.3) is 0 Å². The van der Waals surface area contributed by atoms with Crippen LogP contribution in [-0.2, 0) is 9.59 Å². The van der Waals surface area contributed by atoms with E-state index in [0.29, 0.717) is 23.8 Å². The molecule has 2 atom stereocenters. The number of alkyl halides is 3. The summed E-state index contributed by atoms with van der Waals surface area (Å²) < 4.78 is 38.1. The van der Waals surface area contributed by atoms with Gasteiger partial charge in [0.25, 0.3) is 0 Å². The van der Waals surface area contributed by atoms with Crippen LogP contribution in [0.4, 0.5) is 13.2 Å². The third-order valence-electron chi connectivity index (χ3n) is 5.22. The Morgan fingerprint density at radius 3 is 2.31 bits per heavy atom. The molecule has 26 heavy (non-hydrogen) atoms. The van der Waals surface area contributed by atoms with Crippen LogP contribution in [0.2, 0.25) is 0 Å². The van der Waals surface area contributed by atoms with Gasteiger partial charge < -0.3 is 10.2 Å². The van der Waals surface area contributed by atoms with Crippen molar-refractivity contribution in [3.63, 3.8) is 0 Å². The fourth-order valence-electron chi connectivity index (χ4n) is 3.97. The van der Waals surface area contributed by atoms with Crippen LogP contribution < -0.4 is 5.32 Å². The van der Waals surface area contributed by atoms with Crippen LogP contribution in [0.1, 0.15) is 52.4 Å². The zero-order valence-corrected chi connectivity index (χ0v) is 15.6. The molecule has 0 bridgehead atoms. The Labute approximate surface area is 153 Å². The van der Waals surface area contributed by atoms with Crippen LogP contribution in [0, 0.1) is 5.92 Å². The molecule has 2 amide bonds. The van der Waals surface area contributed by atoms with Gasteiger partial charge >= 0.3 is 12.1 Å². The van der Waals surface area contributed by atoms with Gasteiger partial charge in [0.15, 0.2) is 0 Å². The highest BCUT2D eigenvalue weighted by atomic mass is 19.4. The van der Waals surface area contributed by atoms with E-state index in [1.165, 1.54) is 6.42 Å². The first-order valence-electron chi connectivity index (χ1n) is 9.59. The molecule has 0 aliphatic carbocycles. The number of rotatable bonds is 6. The standard InChI is InChI=1S/C18H30F3N3O2/c1-13(2)11-14(23-8-4-3-5-9-23)12-22-16(25)15-7-6-10-24(15)17(26)18(19,20)21/h13-15H,3-12H2,1-2H3,(H,22,25). The summed E-state index contributed by atoms with van der Waals surface area (Å²) in [6.07, 6.45) is 0.187. The van der Waals surface area contributed by atoms with E-state index < -0.39 is 24.0 Å². The Hall–Kier alpha value is -1.31. The van der Waals surface area contributed by atoms with Crippen molar-refractivity contribution in [2.24, 2.45) is 5.92 Å². The van der Waals surface area contributed by atoms with Crippen molar-refractivity contribution in [2.75, 3.05) is 26.2 Å². The van der Waals surface area contributed by atoms with Gasteiger partial charge in [0.05, 0.1) is 0 Å². The highest BCUT2D eigenvalue weighted by molar-refractivity contribution is 5.90. The predicted molar refractivity (Wildman–Crippen MR) is 92.5 cm³/mol. The normalized spacial score (nSPS) is 23.3. The molecule has 0 aromatic rings. The average Bonchev–Trinajstić information content (AvgIpc) is 3.06. The summed E-state index contributed by atoms with van der Waals surface area (Å²) in [7, 11) is 0. The predicted octanol–water partition coefficient (Wildman–Crippen LogP) is 2.56. The van der Waals surface area contributed by atoms with Crippen molar-refractivity contribution in [3.05, 3.63) is 0 Å². The zero-order chi connectivity index (χ0) is 19.3. The number of hydrogen-bond donors (Lipinski definition) is 1. The van der Waals surface area contributed by atoms with Crippen molar-refractivity contribution in [1.29, 1.82) is 0 Å². The van der Waals surface area contributed by atoms with Crippen molar-refractivity contribution < 1.29 is 22.8 Å². The highest BCUT2D eigenvalue weighted by Crippen LogP contribution is 2.26. The number of piperidine rings is 1. The summed E-state index contributed by atoms with van der Waals surface area (Å²) in [5, 5.41) is 2.82. The maximum absolute atomic E-state index is 12.7. The van der Waals surface area contributed by atoms with Crippen LogP contribution in [0.3, 0.4) is 0 Å². The number of carbonyl (C=O) groups is 2. The van der Waals surface area contributed by atoms with Gasteiger partial charge in [-0.05, 0) is 51.1 Å². The third kappa shape index (κ3) is 5.59. The molecule has 2 fully saturated rings. The van der Waals surface area contributed by atoms with Crippen molar-refractivity contribution in [1.82, 2.24) is 15.1 Å². The Bertz CT molecular complexity index is 491. The highest BCUT2D eigenvalue weighted by Gasteiger charge is 2.47. The Morgan fingerprint density at radius 1 is 1.08 bits per heavy atom. The van der Waals surface area contributed by atoms with Gasteiger partial charge in [0.2, 0.25) is 5.91 Å². The zero-order valence-electron chi connectivity index (χ0n) is 15.6. The fraction of sp³-hybridized carbons (Fsp3) is 0.889. The molecular formula is C18H30F3N3O2. The van der Waals surface area contributed by atoms with E-state index >= 15 is 0 Å². The number of nitrogens with one attached hydrogen (secondary N) is 1. The molecule has 2 aliphatic rings. The fourth-order valence-corrected chi connectivity index (χ4v) is 3.97. The lowest BCUT2D eigenvalue weighted by atomic mass is 9.99. The lowest BCUT2D eigenvalue weighted by Gasteiger charge is -2.36. The number of halogens is 3. The van der Waals surface area contributed by atoms with Gasteiger partial charge in [-0.15, -0.1) is 0 Å². The first-order valence-corrected chi connectivity index (χ1v) is 9.59. The molecule has 5 nitrogen and oxygen atoms in total. The molecule has 2 saturated heterocycles. The summed E-state index contributed by atoms with van der Waals surface area (Å²) in [4.78, 5) is 27.0.